The molecule has 1 unspecified atom stereocenters. The molecule has 0 aliphatic carbocycles. The zero-order chi connectivity index (χ0) is 15.3. The van der Waals surface area contributed by atoms with E-state index in [2.05, 4.69) is 16.8 Å². The van der Waals surface area contributed by atoms with Gasteiger partial charge in [-0.3, -0.25) is 9.69 Å². The number of hydrogen-bond acceptors (Lipinski definition) is 5. The van der Waals surface area contributed by atoms with Crippen LogP contribution in [0.5, 0.6) is 0 Å². The summed E-state index contributed by atoms with van der Waals surface area (Å²) in [4.78, 5) is 16.1. The van der Waals surface area contributed by atoms with Gasteiger partial charge in [0.2, 0.25) is 5.91 Å². The van der Waals surface area contributed by atoms with Gasteiger partial charge in [-0.05, 0) is 6.42 Å². The molecule has 2 saturated heterocycles. The highest BCUT2D eigenvalue weighted by molar-refractivity contribution is 7.91. The maximum atomic E-state index is 12.2. The van der Waals surface area contributed by atoms with E-state index < -0.39 is 9.84 Å². The van der Waals surface area contributed by atoms with E-state index in [1.54, 1.807) is 6.08 Å². The highest BCUT2D eigenvalue weighted by Crippen LogP contribution is 2.18. The Morgan fingerprint density at radius 2 is 2.10 bits per heavy atom. The highest BCUT2D eigenvalue weighted by Gasteiger charge is 2.32. The second kappa shape index (κ2) is 7.38. The molecule has 2 heterocycles. The van der Waals surface area contributed by atoms with Crippen molar-refractivity contribution in [2.24, 2.45) is 0 Å². The molecule has 0 saturated carbocycles. The monoisotopic (exact) mass is 315 g/mol. The first-order valence-corrected chi connectivity index (χ1v) is 9.38. The third-order valence-corrected chi connectivity index (χ3v) is 5.92. The Bertz CT molecular complexity index is 472. The van der Waals surface area contributed by atoms with Crippen LogP contribution in [0, 0.1) is 0 Å². The Balaban J connectivity index is 1.85. The molecule has 2 aliphatic rings. The third-order valence-electron chi connectivity index (χ3n) is 4.17. The fraction of sp³-hybridized carbons (Fsp3) is 0.786. The summed E-state index contributed by atoms with van der Waals surface area (Å²) in [6.45, 7) is 8.19. The number of nitrogens with zero attached hydrogens (tertiary/aromatic N) is 2. The number of rotatable bonds is 6. The number of sulfone groups is 1. The Morgan fingerprint density at radius 1 is 1.38 bits per heavy atom. The lowest BCUT2D eigenvalue weighted by Crippen LogP contribution is -2.47. The summed E-state index contributed by atoms with van der Waals surface area (Å²) in [6, 6.07) is 0.0313. The average molecular weight is 315 g/mol. The van der Waals surface area contributed by atoms with Crippen molar-refractivity contribution in [1.82, 2.24) is 15.1 Å². The van der Waals surface area contributed by atoms with E-state index in [1.807, 2.05) is 4.90 Å². The van der Waals surface area contributed by atoms with Gasteiger partial charge in [-0.25, -0.2) is 8.42 Å². The van der Waals surface area contributed by atoms with Crippen LogP contribution in [-0.2, 0) is 14.6 Å². The molecule has 120 valence electrons. The normalized spacial score (nSPS) is 25.2. The Labute approximate surface area is 127 Å². The quantitative estimate of drug-likeness (QED) is 0.668. The molecule has 1 amide bonds. The molecule has 21 heavy (non-hydrogen) atoms. The minimum absolute atomic E-state index is 0.0313. The molecule has 2 fully saturated rings. The summed E-state index contributed by atoms with van der Waals surface area (Å²) < 4.78 is 23.2. The molecule has 0 spiro atoms. The van der Waals surface area contributed by atoms with Gasteiger partial charge in [0.15, 0.2) is 9.84 Å². The first-order chi connectivity index (χ1) is 10.0. The van der Waals surface area contributed by atoms with E-state index >= 15 is 0 Å². The Morgan fingerprint density at radius 3 is 2.67 bits per heavy atom. The molecule has 7 heteroatoms. The number of carbonyl (C=O) groups excluding carboxylic acids is 1. The second-order valence-corrected chi connectivity index (χ2v) is 7.95. The SMILES string of the molecule is C=CCN(CCC(=O)N1CCNCC1)C1CCS(=O)(=O)C1. The van der Waals surface area contributed by atoms with Crippen LogP contribution in [0.3, 0.4) is 0 Å². The fourth-order valence-corrected chi connectivity index (χ4v) is 4.73. The van der Waals surface area contributed by atoms with Crippen molar-refractivity contribution in [3.05, 3.63) is 12.7 Å². The van der Waals surface area contributed by atoms with Crippen LogP contribution < -0.4 is 5.32 Å². The third kappa shape index (κ3) is 4.79. The summed E-state index contributed by atoms with van der Waals surface area (Å²) >= 11 is 0. The van der Waals surface area contributed by atoms with E-state index in [4.69, 9.17) is 0 Å². The molecule has 0 aromatic rings. The molecular formula is C14H25N3O3S. The average Bonchev–Trinajstić information content (AvgIpc) is 2.84. The zero-order valence-corrected chi connectivity index (χ0v) is 13.3. The number of carbonyl (C=O) groups is 1. The van der Waals surface area contributed by atoms with E-state index in [9.17, 15) is 13.2 Å². The lowest BCUT2D eigenvalue weighted by atomic mass is 10.2. The van der Waals surface area contributed by atoms with Crippen molar-refractivity contribution in [3.8, 4) is 0 Å². The topological polar surface area (TPSA) is 69.7 Å². The first kappa shape index (κ1) is 16.5. The lowest BCUT2D eigenvalue weighted by Gasteiger charge is -2.30. The molecular weight excluding hydrogens is 290 g/mol. The van der Waals surface area contributed by atoms with Gasteiger partial charge >= 0.3 is 0 Å². The number of piperazine rings is 1. The fourth-order valence-electron chi connectivity index (χ4n) is 2.96. The Hall–Kier alpha value is -0.920. The maximum Gasteiger partial charge on any atom is 0.223 e. The number of hydrogen-bond donors (Lipinski definition) is 1. The van der Waals surface area contributed by atoms with Crippen LogP contribution >= 0.6 is 0 Å². The van der Waals surface area contributed by atoms with Crippen LogP contribution in [0.1, 0.15) is 12.8 Å². The molecule has 1 atom stereocenters. The number of nitrogens with one attached hydrogen (secondary N) is 1. The van der Waals surface area contributed by atoms with E-state index in [1.165, 1.54) is 0 Å². The summed E-state index contributed by atoms with van der Waals surface area (Å²) in [7, 11) is -2.90. The summed E-state index contributed by atoms with van der Waals surface area (Å²) in [5.74, 6) is 0.631. The molecule has 0 bridgehead atoms. The van der Waals surface area contributed by atoms with Crippen molar-refractivity contribution in [3.63, 3.8) is 0 Å². The molecule has 0 radical (unpaired) electrons. The summed E-state index contributed by atoms with van der Waals surface area (Å²) in [5, 5.41) is 3.22. The van der Waals surface area contributed by atoms with E-state index in [0.29, 0.717) is 25.9 Å². The second-order valence-electron chi connectivity index (χ2n) is 5.72. The lowest BCUT2D eigenvalue weighted by molar-refractivity contribution is -0.132. The smallest absolute Gasteiger partial charge is 0.223 e. The number of amides is 1. The molecule has 2 aliphatic heterocycles. The van der Waals surface area contributed by atoms with Gasteiger partial charge in [0.05, 0.1) is 11.5 Å². The van der Waals surface area contributed by atoms with Crippen molar-refractivity contribution in [1.29, 1.82) is 0 Å². The predicted octanol–water partition coefficient (Wildman–Crippen LogP) is -0.517. The van der Waals surface area contributed by atoms with E-state index in [-0.39, 0.29) is 23.5 Å². The van der Waals surface area contributed by atoms with Crippen LogP contribution in [0.15, 0.2) is 12.7 Å². The standard InChI is InChI=1S/C14H25N3O3S/c1-2-7-16(13-4-11-21(19,20)12-13)8-3-14(18)17-9-5-15-6-10-17/h2,13,15H,1,3-12H2. The summed E-state index contributed by atoms with van der Waals surface area (Å²) in [6.07, 6.45) is 2.89. The van der Waals surface area contributed by atoms with Gasteiger partial charge in [0.25, 0.3) is 0 Å². The maximum absolute atomic E-state index is 12.2. The predicted molar refractivity (Wildman–Crippen MR) is 82.9 cm³/mol. The van der Waals surface area contributed by atoms with Gasteiger partial charge < -0.3 is 10.2 Å². The van der Waals surface area contributed by atoms with Crippen LogP contribution in [0.2, 0.25) is 0 Å². The molecule has 6 nitrogen and oxygen atoms in total. The van der Waals surface area contributed by atoms with Crippen LogP contribution in [0.25, 0.3) is 0 Å². The molecule has 0 aromatic heterocycles. The molecule has 0 aromatic carbocycles. The molecule has 1 N–H and O–H groups in total. The van der Waals surface area contributed by atoms with Gasteiger partial charge in [0.1, 0.15) is 0 Å². The van der Waals surface area contributed by atoms with Crippen LogP contribution in [-0.4, -0.2) is 80.9 Å². The zero-order valence-electron chi connectivity index (χ0n) is 12.5. The minimum atomic E-state index is -2.90. The highest BCUT2D eigenvalue weighted by atomic mass is 32.2. The van der Waals surface area contributed by atoms with Crippen molar-refractivity contribution >= 4 is 15.7 Å². The summed E-state index contributed by atoms with van der Waals surface area (Å²) in [5.41, 5.74) is 0. The largest absolute Gasteiger partial charge is 0.340 e. The Kier molecular flexibility index (Phi) is 5.78. The van der Waals surface area contributed by atoms with Crippen molar-refractivity contribution < 1.29 is 13.2 Å². The van der Waals surface area contributed by atoms with Crippen molar-refractivity contribution in [2.75, 3.05) is 50.8 Å². The minimum Gasteiger partial charge on any atom is -0.340 e. The van der Waals surface area contributed by atoms with Crippen LogP contribution in [0.4, 0.5) is 0 Å². The molecule has 2 rings (SSSR count). The van der Waals surface area contributed by atoms with Gasteiger partial charge in [-0.1, -0.05) is 6.08 Å². The van der Waals surface area contributed by atoms with Gasteiger partial charge in [0, 0.05) is 51.7 Å². The van der Waals surface area contributed by atoms with E-state index in [0.717, 1.165) is 26.2 Å². The van der Waals surface area contributed by atoms with Gasteiger partial charge in [-0.2, -0.15) is 0 Å². The van der Waals surface area contributed by atoms with Gasteiger partial charge in [-0.15, -0.1) is 6.58 Å². The van der Waals surface area contributed by atoms with Crippen molar-refractivity contribution in [2.45, 2.75) is 18.9 Å². The first-order valence-electron chi connectivity index (χ1n) is 7.56.